The molecule has 0 aliphatic carbocycles. The summed E-state index contributed by atoms with van der Waals surface area (Å²) in [7, 11) is 3.11. The summed E-state index contributed by atoms with van der Waals surface area (Å²) in [6, 6.07) is 10.3. The van der Waals surface area contributed by atoms with E-state index in [4.69, 9.17) is 21.1 Å². The van der Waals surface area contributed by atoms with Gasteiger partial charge in [0.25, 0.3) is 11.8 Å². The maximum atomic E-state index is 12.7. The number of carbonyl (C=O) groups is 2. The van der Waals surface area contributed by atoms with E-state index in [1.807, 2.05) is 6.07 Å². The van der Waals surface area contributed by atoms with Gasteiger partial charge in [-0.1, -0.05) is 23.7 Å². The second-order valence-electron chi connectivity index (χ2n) is 5.86. The fourth-order valence-electron chi connectivity index (χ4n) is 2.93. The van der Waals surface area contributed by atoms with Gasteiger partial charge in [-0.3, -0.25) is 9.59 Å². The van der Waals surface area contributed by atoms with E-state index in [-0.39, 0.29) is 11.8 Å². The number of hydrogen-bond acceptors (Lipinski definition) is 4. The molecule has 0 spiro atoms. The number of ether oxygens (including phenoxy) is 2. The fraction of sp³-hybridized carbons (Fsp3) is 0.263. The number of hydrogen-bond donors (Lipinski definition) is 1. The number of amides is 2. The monoisotopic (exact) mass is 374 g/mol. The molecule has 1 aliphatic heterocycles. The highest BCUT2D eigenvalue weighted by Gasteiger charge is 2.31. The molecule has 0 fully saturated rings. The van der Waals surface area contributed by atoms with E-state index in [2.05, 4.69) is 5.32 Å². The minimum Gasteiger partial charge on any atom is -0.495 e. The summed E-state index contributed by atoms with van der Waals surface area (Å²) in [5.41, 5.74) is 2.16. The molecular formula is C19H19ClN2O4. The molecule has 6 nitrogen and oxygen atoms in total. The summed E-state index contributed by atoms with van der Waals surface area (Å²) in [5, 5.41) is 3.18. The van der Waals surface area contributed by atoms with E-state index < -0.39 is 0 Å². The highest BCUT2D eigenvalue weighted by Crippen LogP contribution is 2.29. The van der Waals surface area contributed by atoms with Gasteiger partial charge >= 0.3 is 0 Å². The van der Waals surface area contributed by atoms with E-state index in [0.717, 1.165) is 5.56 Å². The zero-order chi connectivity index (χ0) is 18.7. The molecule has 1 N–H and O–H groups in total. The van der Waals surface area contributed by atoms with Crippen molar-refractivity contribution in [2.45, 2.75) is 6.54 Å². The lowest BCUT2D eigenvalue weighted by atomic mass is 10.0. The van der Waals surface area contributed by atoms with Crippen LogP contribution < -0.4 is 10.1 Å². The van der Waals surface area contributed by atoms with Crippen molar-refractivity contribution in [3.8, 4) is 5.75 Å². The molecule has 26 heavy (non-hydrogen) atoms. The van der Waals surface area contributed by atoms with Crippen LogP contribution >= 0.6 is 11.6 Å². The highest BCUT2D eigenvalue weighted by molar-refractivity contribution is 6.32. The lowest BCUT2D eigenvalue weighted by Gasteiger charge is -2.14. The molecule has 0 atom stereocenters. The van der Waals surface area contributed by atoms with E-state index in [0.29, 0.717) is 47.3 Å². The zero-order valence-corrected chi connectivity index (χ0v) is 15.3. The Labute approximate surface area is 156 Å². The van der Waals surface area contributed by atoms with Crippen molar-refractivity contribution in [1.82, 2.24) is 4.90 Å². The smallest absolute Gasteiger partial charge is 0.256 e. The number of nitrogens with zero attached hydrogens (tertiary/aromatic N) is 1. The molecule has 136 valence electrons. The van der Waals surface area contributed by atoms with Crippen LogP contribution in [0, 0.1) is 0 Å². The van der Waals surface area contributed by atoms with Crippen molar-refractivity contribution < 1.29 is 19.1 Å². The Kier molecular flexibility index (Phi) is 5.44. The van der Waals surface area contributed by atoms with Gasteiger partial charge in [-0.25, -0.2) is 0 Å². The molecule has 2 aromatic carbocycles. The molecule has 0 radical (unpaired) electrons. The Morgan fingerprint density at radius 1 is 1.27 bits per heavy atom. The molecule has 0 bridgehead atoms. The van der Waals surface area contributed by atoms with Crippen molar-refractivity contribution in [3.63, 3.8) is 0 Å². The lowest BCUT2D eigenvalue weighted by molar-refractivity contribution is 0.0716. The fourth-order valence-corrected chi connectivity index (χ4v) is 3.19. The minimum atomic E-state index is -0.356. The van der Waals surface area contributed by atoms with Crippen LogP contribution in [0.4, 0.5) is 5.69 Å². The van der Waals surface area contributed by atoms with Crippen molar-refractivity contribution in [1.29, 1.82) is 0 Å². The zero-order valence-electron chi connectivity index (χ0n) is 14.5. The van der Waals surface area contributed by atoms with Gasteiger partial charge in [0.05, 0.1) is 29.9 Å². The van der Waals surface area contributed by atoms with Crippen molar-refractivity contribution >= 4 is 29.1 Å². The first kappa shape index (κ1) is 18.2. The van der Waals surface area contributed by atoms with Crippen LogP contribution in [0.3, 0.4) is 0 Å². The number of methoxy groups -OCH3 is 2. The molecule has 2 amide bonds. The number of anilines is 1. The lowest BCUT2D eigenvalue weighted by Crippen LogP contribution is -2.28. The topological polar surface area (TPSA) is 67.9 Å². The largest absolute Gasteiger partial charge is 0.495 e. The van der Waals surface area contributed by atoms with Crippen molar-refractivity contribution in [3.05, 3.63) is 58.1 Å². The maximum Gasteiger partial charge on any atom is 0.256 e. The van der Waals surface area contributed by atoms with E-state index in [9.17, 15) is 9.59 Å². The summed E-state index contributed by atoms with van der Waals surface area (Å²) in [6.45, 7) is 1.41. The Hall–Kier alpha value is -2.57. The molecule has 0 aromatic heterocycles. The second-order valence-corrected chi connectivity index (χ2v) is 6.27. The van der Waals surface area contributed by atoms with Crippen molar-refractivity contribution in [2.75, 3.05) is 32.7 Å². The summed E-state index contributed by atoms with van der Waals surface area (Å²) >= 11 is 6.09. The van der Waals surface area contributed by atoms with Crippen LogP contribution in [0.15, 0.2) is 36.4 Å². The van der Waals surface area contributed by atoms with Gasteiger partial charge in [0.2, 0.25) is 0 Å². The number of rotatable bonds is 6. The first-order chi connectivity index (χ1) is 12.5. The van der Waals surface area contributed by atoms with E-state index >= 15 is 0 Å². The van der Waals surface area contributed by atoms with Gasteiger partial charge in [0.1, 0.15) is 5.75 Å². The van der Waals surface area contributed by atoms with Crippen molar-refractivity contribution in [2.24, 2.45) is 0 Å². The molecule has 1 aliphatic rings. The summed E-state index contributed by atoms with van der Waals surface area (Å²) in [4.78, 5) is 27.1. The van der Waals surface area contributed by atoms with Gasteiger partial charge in [0, 0.05) is 25.9 Å². The van der Waals surface area contributed by atoms with Gasteiger partial charge in [0.15, 0.2) is 0 Å². The number of carbonyl (C=O) groups excluding carboxylic acids is 2. The normalized spacial score (nSPS) is 12.9. The van der Waals surface area contributed by atoms with Crippen LogP contribution in [0.2, 0.25) is 5.02 Å². The third-order valence-electron chi connectivity index (χ3n) is 4.23. The first-order valence-corrected chi connectivity index (χ1v) is 8.48. The summed E-state index contributed by atoms with van der Waals surface area (Å²) in [5.74, 6) is 0.00909. The van der Waals surface area contributed by atoms with Crippen LogP contribution in [0.5, 0.6) is 5.75 Å². The number of nitrogens with one attached hydrogen (secondary N) is 1. The first-order valence-electron chi connectivity index (χ1n) is 8.10. The van der Waals surface area contributed by atoms with Crippen LogP contribution in [0.25, 0.3) is 0 Å². The SMILES string of the molecule is COCCN1Cc2cccc(C(=O)Nc3ccc(OC)c(Cl)c3)c2C1=O. The Morgan fingerprint density at radius 3 is 2.77 bits per heavy atom. The van der Waals surface area contributed by atoms with Crippen LogP contribution in [-0.2, 0) is 11.3 Å². The molecule has 2 aromatic rings. The number of benzene rings is 2. The third kappa shape index (κ3) is 3.52. The van der Waals surface area contributed by atoms with Crippen LogP contribution in [-0.4, -0.2) is 44.1 Å². The maximum absolute atomic E-state index is 12.7. The molecule has 0 saturated carbocycles. The standard InChI is InChI=1S/C19H19ClN2O4/c1-25-9-8-22-11-12-4-3-5-14(17(12)19(22)24)18(23)21-13-6-7-16(26-2)15(20)10-13/h3-7,10H,8-9,11H2,1-2H3,(H,21,23). The van der Waals surface area contributed by atoms with Gasteiger partial charge < -0.3 is 19.7 Å². The van der Waals surface area contributed by atoms with E-state index in [1.54, 1.807) is 42.3 Å². The average molecular weight is 375 g/mol. The predicted octanol–water partition coefficient (Wildman–Crippen LogP) is 3.20. The molecule has 1 heterocycles. The Balaban J connectivity index is 1.83. The second kappa shape index (κ2) is 7.76. The van der Waals surface area contributed by atoms with Gasteiger partial charge in [-0.05, 0) is 29.8 Å². The highest BCUT2D eigenvalue weighted by atomic mass is 35.5. The summed E-state index contributed by atoms with van der Waals surface area (Å²) < 4.78 is 10.1. The summed E-state index contributed by atoms with van der Waals surface area (Å²) in [6.07, 6.45) is 0. The van der Waals surface area contributed by atoms with Crippen LogP contribution in [0.1, 0.15) is 26.3 Å². The van der Waals surface area contributed by atoms with E-state index in [1.165, 1.54) is 7.11 Å². The molecule has 0 unspecified atom stereocenters. The molecule has 7 heteroatoms. The van der Waals surface area contributed by atoms with Gasteiger partial charge in [-0.15, -0.1) is 0 Å². The number of fused-ring (bicyclic) bond motifs is 1. The molecule has 0 saturated heterocycles. The number of halogens is 1. The Morgan fingerprint density at radius 2 is 2.08 bits per heavy atom. The quantitative estimate of drug-likeness (QED) is 0.843. The van der Waals surface area contributed by atoms with Gasteiger partial charge in [-0.2, -0.15) is 0 Å². The third-order valence-corrected chi connectivity index (χ3v) is 4.53. The molecule has 3 rings (SSSR count). The minimum absolute atomic E-state index is 0.157. The average Bonchev–Trinajstić information content (AvgIpc) is 2.96. The predicted molar refractivity (Wildman–Crippen MR) is 99.0 cm³/mol. The Bertz CT molecular complexity index is 853. The molecular weight excluding hydrogens is 356 g/mol.